The smallest absolute Gasteiger partial charge is 0.259 e. The average Bonchev–Trinajstić information content (AvgIpc) is 2.69. The van der Waals surface area contributed by atoms with E-state index in [1.54, 1.807) is 24.8 Å². The molecule has 0 aliphatic heterocycles. The van der Waals surface area contributed by atoms with E-state index in [9.17, 15) is 4.79 Å². The van der Waals surface area contributed by atoms with Crippen molar-refractivity contribution in [2.24, 2.45) is 0 Å². The minimum Gasteiger partial charge on any atom is -0.466 e. The second-order valence-electron chi connectivity index (χ2n) is 4.01. The molecule has 0 spiro atoms. The normalized spacial score (nSPS) is 10.4. The summed E-state index contributed by atoms with van der Waals surface area (Å²) in [5.74, 6) is 1.25. The Bertz CT molecular complexity index is 575. The number of hydrogen-bond acceptors (Lipinski definition) is 3. The van der Waals surface area contributed by atoms with E-state index in [0.717, 1.165) is 16.3 Å². The van der Waals surface area contributed by atoms with Crippen LogP contribution in [0.15, 0.2) is 39.6 Å². The number of aryl methyl sites for hydroxylation is 2. The van der Waals surface area contributed by atoms with Crippen LogP contribution < -0.4 is 5.32 Å². The topological polar surface area (TPSA) is 42.2 Å². The molecule has 2 aromatic rings. The molecule has 3 nitrogen and oxygen atoms in total. The molecule has 2 rings (SSSR count). The minimum atomic E-state index is -0.136. The van der Waals surface area contributed by atoms with Gasteiger partial charge in [-0.2, -0.15) is 0 Å². The van der Waals surface area contributed by atoms with Gasteiger partial charge in [-0.05, 0) is 44.4 Å². The van der Waals surface area contributed by atoms with E-state index in [0.29, 0.717) is 11.3 Å². The van der Waals surface area contributed by atoms with E-state index in [2.05, 4.69) is 5.32 Å². The Morgan fingerprint density at radius 3 is 2.67 bits per heavy atom. The van der Waals surface area contributed by atoms with Gasteiger partial charge in [-0.15, -0.1) is 11.8 Å². The third kappa shape index (κ3) is 2.76. The molecular formula is C14H15NO2S. The summed E-state index contributed by atoms with van der Waals surface area (Å²) in [6.45, 7) is 3.62. The lowest BCUT2D eigenvalue weighted by Crippen LogP contribution is -2.12. The van der Waals surface area contributed by atoms with E-state index in [1.165, 1.54) is 0 Å². The van der Waals surface area contributed by atoms with Crippen molar-refractivity contribution in [2.75, 3.05) is 11.6 Å². The Morgan fingerprint density at radius 1 is 1.28 bits per heavy atom. The molecule has 0 atom stereocenters. The zero-order chi connectivity index (χ0) is 13.1. The highest BCUT2D eigenvalue weighted by atomic mass is 32.2. The SMILES string of the molecule is CSc1cccc(NC(=O)c2cc(C)oc2C)c1. The lowest BCUT2D eigenvalue weighted by atomic mass is 10.2. The van der Waals surface area contributed by atoms with Gasteiger partial charge in [0, 0.05) is 10.6 Å². The van der Waals surface area contributed by atoms with Crippen LogP contribution in [-0.4, -0.2) is 12.2 Å². The summed E-state index contributed by atoms with van der Waals surface area (Å²) in [7, 11) is 0. The van der Waals surface area contributed by atoms with Gasteiger partial charge < -0.3 is 9.73 Å². The first-order chi connectivity index (χ1) is 8.60. The van der Waals surface area contributed by atoms with Gasteiger partial charge in [-0.1, -0.05) is 6.07 Å². The van der Waals surface area contributed by atoms with Gasteiger partial charge in [0.25, 0.3) is 5.91 Å². The van der Waals surface area contributed by atoms with Crippen molar-refractivity contribution in [2.45, 2.75) is 18.7 Å². The molecule has 1 aromatic carbocycles. The van der Waals surface area contributed by atoms with Gasteiger partial charge in [0.2, 0.25) is 0 Å². The fourth-order valence-corrected chi connectivity index (χ4v) is 2.21. The van der Waals surface area contributed by atoms with Gasteiger partial charge in [0.15, 0.2) is 0 Å². The maximum absolute atomic E-state index is 12.1. The quantitative estimate of drug-likeness (QED) is 0.853. The Balaban J connectivity index is 2.18. The third-order valence-electron chi connectivity index (χ3n) is 2.61. The van der Waals surface area contributed by atoms with Crippen molar-refractivity contribution in [1.82, 2.24) is 0 Å². The molecule has 1 heterocycles. The lowest BCUT2D eigenvalue weighted by Gasteiger charge is -2.05. The molecule has 4 heteroatoms. The summed E-state index contributed by atoms with van der Waals surface area (Å²) in [4.78, 5) is 13.2. The maximum Gasteiger partial charge on any atom is 0.259 e. The first-order valence-corrected chi connectivity index (χ1v) is 6.85. The summed E-state index contributed by atoms with van der Waals surface area (Å²) in [6, 6.07) is 9.51. The van der Waals surface area contributed by atoms with Gasteiger partial charge in [0.05, 0.1) is 5.56 Å². The predicted octanol–water partition coefficient (Wildman–Crippen LogP) is 3.87. The van der Waals surface area contributed by atoms with E-state index >= 15 is 0 Å². The Kier molecular flexibility index (Phi) is 3.77. The Hall–Kier alpha value is -1.68. The number of rotatable bonds is 3. The number of thioether (sulfide) groups is 1. The Labute approximate surface area is 111 Å². The highest BCUT2D eigenvalue weighted by Crippen LogP contribution is 2.20. The molecule has 0 radical (unpaired) electrons. The second kappa shape index (κ2) is 5.31. The molecule has 94 valence electrons. The van der Waals surface area contributed by atoms with Crippen LogP contribution in [0.4, 0.5) is 5.69 Å². The van der Waals surface area contributed by atoms with E-state index in [4.69, 9.17) is 4.42 Å². The van der Waals surface area contributed by atoms with Crippen LogP contribution in [0, 0.1) is 13.8 Å². The standard InChI is InChI=1S/C14H15NO2S/c1-9-7-13(10(2)17-9)14(16)15-11-5-4-6-12(8-11)18-3/h4-8H,1-3H3,(H,15,16). The molecule has 18 heavy (non-hydrogen) atoms. The van der Waals surface area contributed by atoms with Gasteiger partial charge in [0.1, 0.15) is 11.5 Å². The number of furan rings is 1. The zero-order valence-electron chi connectivity index (χ0n) is 10.6. The molecule has 0 saturated carbocycles. The molecule has 0 aliphatic carbocycles. The van der Waals surface area contributed by atoms with Crippen LogP contribution in [0.1, 0.15) is 21.9 Å². The first kappa shape index (κ1) is 12.8. The van der Waals surface area contributed by atoms with Gasteiger partial charge in [-0.3, -0.25) is 4.79 Å². The summed E-state index contributed by atoms with van der Waals surface area (Å²) >= 11 is 1.64. The average molecular weight is 261 g/mol. The van der Waals surface area contributed by atoms with Crippen molar-refractivity contribution >= 4 is 23.4 Å². The van der Waals surface area contributed by atoms with Crippen LogP contribution >= 0.6 is 11.8 Å². The maximum atomic E-state index is 12.1. The van der Waals surface area contributed by atoms with Crippen LogP contribution in [0.2, 0.25) is 0 Å². The molecule has 1 aromatic heterocycles. The zero-order valence-corrected chi connectivity index (χ0v) is 11.4. The fourth-order valence-electron chi connectivity index (χ4n) is 1.76. The van der Waals surface area contributed by atoms with E-state index in [-0.39, 0.29) is 5.91 Å². The van der Waals surface area contributed by atoms with Crippen LogP contribution in [0.5, 0.6) is 0 Å². The number of nitrogens with one attached hydrogen (secondary N) is 1. The predicted molar refractivity (Wildman–Crippen MR) is 74.4 cm³/mol. The lowest BCUT2D eigenvalue weighted by molar-refractivity contribution is 0.102. The number of amides is 1. The number of carbonyl (C=O) groups excluding carboxylic acids is 1. The van der Waals surface area contributed by atoms with E-state index in [1.807, 2.05) is 37.4 Å². The number of carbonyl (C=O) groups is 1. The van der Waals surface area contributed by atoms with E-state index < -0.39 is 0 Å². The largest absolute Gasteiger partial charge is 0.466 e. The van der Waals surface area contributed by atoms with Crippen molar-refractivity contribution in [1.29, 1.82) is 0 Å². The number of anilines is 1. The highest BCUT2D eigenvalue weighted by molar-refractivity contribution is 7.98. The first-order valence-electron chi connectivity index (χ1n) is 5.62. The summed E-state index contributed by atoms with van der Waals surface area (Å²) in [6.07, 6.45) is 2.00. The van der Waals surface area contributed by atoms with Crippen LogP contribution in [-0.2, 0) is 0 Å². The van der Waals surface area contributed by atoms with Gasteiger partial charge in [-0.25, -0.2) is 0 Å². The molecule has 1 amide bonds. The molecule has 0 unspecified atom stereocenters. The molecule has 0 saturated heterocycles. The van der Waals surface area contributed by atoms with Crippen molar-refractivity contribution in [3.05, 3.63) is 47.4 Å². The number of benzene rings is 1. The highest BCUT2D eigenvalue weighted by Gasteiger charge is 2.13. The third-order valence-corrected chi connectivity index (χ3v) is 3.34. The molecule has 0 bridgehead atoms. The van der Waals surface area contributed by atoms with Crippen molar-refractivity contribution in [3.8, 4) is 0 Å². The summed E-state index contributed by atoms with van der Waals surface area (Å²) in [5.41, 5.74) is 1.38. The molecule has 1 N–H and O–H groups in total. The number of hydrogen-bond donors (Lipinski definition) is 1. The summed E-state index contributed by atoms with van der Waals surface area (Å²) < 4.78 is 5.35. The minimum absolute atomic E-state index is 0.136. The summed E-state index contributed by atoms with van der Waals surface area (Å²) in [5, 5.41) is 2.87. The Morgan fingerprint density at radius 2 is 2.06 bits per heavy atom. The monoisotopic (exact) mass is 261 g/mol. The second-order valence-corrected chi connectivity index (χ2v) is 4.89. The van der Waals surface area contributed by atoms with Crippen LogP contribution in [0.25, 0.3) is 0 Å². The fraction of sp³-hybridized carbons (Fsp3) is 0.214. The van der Waals surface area contributed by atoms with Crippen molar-refractivity contribution in [3.63, 3.8) is 0 Å². The molecular weight excluding hydrogens is 246 g/mol. The van der Waals surface area contributed by atoms with Crippen LogP contribution in [0.3, 0.4) is 0 Å². The molecule has 0 aliphatic rings. The van der Waals surface area contributed by atoms with Gasteiger partial charge >= 0.3 is 0 Å². The van der Waals surface area contributed by atoms with Crippen molar-refractivity contribution < 1.29 is 9.21 Å². The molecule has 0 fully saturated rings.